The van der Waals surface area contributed by atoms with Crippen LogP contribution in [-0.4, -0.2) is 37.5 Å². The highest BCUT2D eigenvalue weighted by Crippen LogP contribution is 2.27. The van der Waals surface area contributed by atoms with Gasteiger partial charge in [0.15, 0.2) is 5.82 Å². The van der Waals surface area contributed by atoms with Crippen molar-refractivity contribution in [2.24, 2.45) is 0 Å². The summed E-state index contributed by atoms with van der Waals surface area (Å²) in [4.78, 5) is 22.1. The van der Waals surface area contributed by atoms with Crippen molar-refractivity contribution in [3.8, 4) is 5.88 Å². The smallest absolute Gasteiger partial charge is 0.387 e. The van der Waals surface area contributed by atoms with Crippen LogP contribution in [0.25, 0.3) is 0 Å². The molecule has 8 heteroatoms. The van der Waals surface area contributed by atoms with Gasteiger partial charge < -0.3 is 4.74 Å². The highest BCUT2D eigenvalue weighted by Gasteiger charge is 2.31. The Labute approximate surface area is 115 Å². The van der Waals surface area contributed by atoms with Gasteiger partial charge in [0, 0.05) is 18.4 Å². The van der Waals surface area contributed by atoms with Crippen LogP contribution in [0.3, 0.4) is 0 Å². The number of carbonyl (C=O) groups excluding carboxylic acids is 1. The van der Waals surface area contributed by atoms with Gasteiger partial charge in [0.25, 0.3) is 5.88 Å². The summed E-state index contributed by atoms with van der Waals surface area (Å²) in [6.45, 7) is 0. The lowest BCUT2D eigenvalue weighted by atomic mass is 10.2. The third kappa shape index (κ3) is 2.58. The van der Waals surface area contributed by atoms with Crippen molar-refractivity contribution in [3.63, 3.8) is 0 Å². The lowest BCUT2D eigenvalue weighted by Crippen LogP contribution is -2.41. The zero-order valence-electron chi connectivity index (χ0n) is 10.8. The minimum Gasteiger partial charge on any atom is -0.387 e. The molecule has 1 N–H and O–H groups in total. The van der Waals surface area contributed by atoms with Gasteiger partial charge in [-0.25, -0.2) is 9.78 Å². The number of hydrogen-bond acceptors (Lipinski definition) is 6. The van der Waals surface area contributed by atoms with Crippen LogP contribution < -0.4 is 9.64 Å². The molecule has 20 heavy (non-hydrogen) atoms. The van der Waals surface area contributed by atoms with Crippen molar-refractivity contribution in [3.05, 3.63) is 24.8 Å². The molecule has 1 aliphatic rings. The third-order valence-corrected chi connectivity index (χ3v) is 3.27. The number of hydrogen-bond donors (Lipinski definition) is 1. The number of amides is 1. The van der Waals surface area contributed by atoms with Crippen molar-refractivity contribution in [1.82, 2.24) is 25.4 Å². The molecule has 1 fully saturated rings. The zero-order valence-corrected chi connectivity index (χ0v) is 10.8. The van der Waals surface area contributed by atoms with Crippen molar-refractivity contribution < 1.29 is 9.53 Å². The van der Waals surface area contributed by atoms with Gasteiger partial charge in [0.2, 0.25) is 0 Å². The minimum absolute atomic E-state index is 0.0890. The average molecular weight is 274 g/mol. The van der Waals surface area contributed by atoms with Gasteiger partial charge in [-0.15, -0.1) is 0 Å². The molecular formula is C12H14N6O2. The molecule has 0 bridgehead atoms. The number of anilines is 1. The van der Waals surface area contributed by atoms with Gasteiger partial charge in [-0.05, 0) is 12.8 Å². The van der Waals surface area contributed by atoms with Crippen LogP contribution in [0.15, 0.2) is 24.8 Å². The molecule has 1 amide bonds. The van der Waals surface area contributed by atoms with E-state index in [9.17, 15) is 4.79 Å². The fourth-order valence-electron chi connectivity index (χ4n) is 2.39. The highest BCUT2D eigenvalue weighted by molar-refractivity contribution is 5.88. The van der Waals surface area contributed by atoms with E-state index in [-0.39, 0.29) is 11.9 Å². The second-order valence-electron chi connectivity index (χ2n) is 4.55. The van der Waals surface area contributed by atoms with Gasteiger partial charge in [-0.3, -0.25) is 15.0 Å². The Morgan fingerprint density at radius 3 is 2.85 bits per heavy atom. The number of ether oxygens (including phenoxy) is 1. The summed E-state index contributed by atoms with van der Waals surface area (Å²) in [7, 11) is 0. The predicted octanol–water partition coefficient (Wildman–Crippen LogP) is 1.54. The van der Waals surface area contributed by atoms with E-state index in [0.717, 1.165) is 25.7 Å². The molecule has 2 heterocycles. The number of rotatable bonds is 3. The van der Waals surface area contributed by atoms with Crippen LogP contribution >= 0.6 is 0 Å². The maximum atomic E-state index is 12.4. The van der Waals surface area contributed by atoms with Crippen LogP contribution in [-0.2, 0) is 0 Å². The summed E-state index contributed by atoms with van der Waals surface area (Å²) in [5.41, 5.74) is 0. The summed E-state index contributed by atoms with van der Waals surface area (Å²) in [6, 6.07) is 0.0890. The standard InChI is InChI=1S/C12H14N6O2/c19-12(20-11-8-15-17-16-11)18(9-3-1-2-4-9)10-7-13-5-6-14-10/h5-9H,1-4H2,(H,15,16,17). The monoisotopic (exact) mass is 274 g/mol. The van der Waals surface area contributed by atoms with Crippen LogP contribution in [0.1, 0.15) is 25.7 Å². The second-order valence-corrected chi connectivity index (χ2v) is 4.55. The Morgan fingerprint density at radius 2 is 2.20 bits per heavy atom. The molecule has 1 saturated carbocycles. The maximum Gasteiger partial charge on any atom is 0.422 e. The Kier molecular flexibility index (Phi) is 3.53. The Balaban J connectivity index is 1.83. The summed E-state index contributed by atoms with van der Waals surface area (Å²) in [6.07, 6.45) is 9.65. The lowest BCUT2D eigenvalue weighted by Gasteiger charge is -2.26. The first kappa shape index (κ1) is 12.5. The van der Waals surface area contributed by atoms with Crippen molar-refractivity contribution in [2.75, 3.05) is 4.90 Å². The number of H-pyrrole nitrogens is 1. The molecule has 8 nitrogen and oxygen atoms in total. The third-order valence-electron chi connectivity index (χ3n) is 3.27. The highest BCUT2D eigenvalue weighted by atomic mass is 16.6. The minimum atomic E-state index is -0.508. The van der Waals surface area contributed by atoms with Gasteiger partial charge in [0.1, 0.15) is 0 Å². The molecule has 0 atom stereocenters. The summed E-state index contributed by atoms with van der Waals surface area (Å²) in [5, 5.41) is 9.65. The molecular weight excluding hydrogens is 260 g/mol. The SMILES string of the molecule is O=C(Oc1c[nH]nn1)N(c1cnccn1)C1CCCC1. The molecule has 2 aromatic rings. The molecule has 0 saturated heterocycles. The van der Waals surface area contributed by atoms with E-state index < -0.39 is 6.09 Å². The van der Waals surface area contributed by atoms with E-state index in [4.69, 9.17) is 4.74 Å². The molecule has 0 spiro atoms. The second kappa shape index (κ2) is 5.64. The molecule has 0 aromatic carbocycles. The summed E-state index contributed by atoms with van der Waals surface area (Å²) in [5.74, 6) is 0.634. The zero-order chi connectivity index (χ0) is 13.8. The number of nitrogens with zero attached hydrogens (tertiary/aromatic N) is 5. The van der Waals surface area contributed by atoms with Crippen LogP contribution in [0.5, 0.6) is 5.88 Å². The van der Waals surface area contributed by atoms with E-state index in [2.05, 4.69) is 25.4 Å². The van der Waals surface area contributed by atoms with Gasteiger partial charge in [-0.2, -0.15) is 0 Å². The van der Waals surface area contributed by atoms with E-state index in [1.807, 2.05) is 0 Å². The van der Waals surface area contributed by atoms with E-state index in [1.165, 1.54) is 6.20 Å². The van der Waals surface area contributed by atoms with Crippen LogP contribution in [0, 0.1) is 0 Å². The number of carbonyl (C=O) groups is 1. The molecule has 0 aliphatic heterocycles. The van der Waals surface area contributed by atoms with Crippen molar-refractivity contribution >= 4 is 11.9 Å². The Bertz CT molecular complexity index is 553. The molecule has 3 rings (SSSR count). The normalized spacial score (nSPS) is 15.2. The Hall–Kier alpha value is -2.51. The van der Waals surface area contributed by atoms with Crippen molar-refractivity contribution in [2.45, 2.75) is 31.7 Å². The van der Waals surface area contributed by atoms with Crippen molar-refractivity contribution in [1.29, 1.82) is 0 Å². The van der Waals surface area contributed by atoms with Gasteiger partial charge in [0.05, 0.1) is 12.4 Å². The molecule has 1 aliphatic carbocycles. The predicted molar refractivity (Wildman–Crippen MR) is 69.2 cm³/mol. The quantitative estimate of drug-likeness (QED) is 0.911. The maximum absolute atomic E-state index is 12.4. The molecule has 104 valence electrons. The number of aromatic nitrogens is 5. The first-order valence-corrected chi connectivity index (χ1v) is 6.48. The molecule has 0 unspecified atom stereocenters. The van der Waals surface area contributed by atoms with Gasteiger partial charge >= 0.3 is 6.09 Å². The fraction of sp³-hybridized carbons (Fsp3) is 0.417. The first-order valence-electron chi connectivity index (χ1n) is 6.48. The van der Waals surface area contributed by atoms with Crippen LogP contribution in [0.4, 0.5) is 10.6 Å². The first-order chi connectivity index (χ1) is 9.84. The molecule has 0 radical (unpaired) electrons. The number of aromatic amines is 1. The van der Waals surface area contributed by atoms with E-state index >= 15 is 0 Å². The summed E-state index contributed by atoms with van der Waals surface area (Å²) < 4.78 is 5.20. The Morgan fingerprint density at radius 1 is 1.35 bits per heavy atom. The fourth-order valence-corrected chi connectivity index (χ4v) is 2.39. The lowest BCUT2D eigenvalue weighted by molar-refractivity contribution is 0.202. The number of nitrogens with one attached hydrogen (secondary N) is 1. The van der Waals surface area contributed by atoms with Crippen LogP contribution in [0.2, 0.25) is 0 Å². The van der Waals surface area contributed by atoms with E-state index in [0.29, 0.717) is 5.82 Å². The topological polar surface area (TPSA) is 96.9 Å². The van der Waals surface area contributed by atoms with E-state index in [1.54, 1.807) is 23.5 Å². The summed E-state index contributed by atoms with van der Waals surface area (Å²) >= 11 is 0. The average Bonchev–Trinajstić information content (AvgIpc) is 3.14. The molecule has 2 aromatic heterocycles. The largest absolute Gasteiger partial charge is 0.422 e. The van der Waals surface area contributed by atoms with Gasteiger partial charge in [-0.1, -0.05) is 23.2 Å².